The van der Waals surface area contributed by atoms with Crippen molar-refractivity contribution in [3.63, 3.8) is 0 Å². The van der Waals surface area contributed by atoms with E-state index in [4.69, 9.17) is 5.11 Å². The van der Waals surface area contributed by atoms with Gasteiger partial charge in [-0.25, -0.2) is 9.78 Å². The lowest BCUT2D eigenvalue weighted by molar-refractivity contribution is 0.0697. The Morgan fingerprint density at radius 2 is 2.11 bits per heavy atom. The van der Waals surface area contributed by atoms with Crippen LogP contribution in [0, 0.1) is 5.41 Å². The summed E-state index contributed by atoms with van der Waals surface area (Å²) in [6, 6.07) is 4.96. The first-order chi connectivity index (χ1) is 8.35. The fourth-order valence-corrected chi connectivity index (χ4v) is 1.81. The SMILES string of the molecule is CC(C)(C)CCc1nc2ccc(C(=O)O)cc2[nH]1. The number of imidazole rings is 1. The number of H-pyrrole nitrogens is 1. The zero-order chi connectivity index (χ0) is 13.3. The molecular weight excluding hydrogens is 228 g/mol. The highest BCUT2D eigenvalue weighted by Gasteiger charge is 2.12. The number of benzene rings is 1. The normalized spacial score (nSPS) is 11.9. The predicted octanol–water partition coefficient (Wildman–Crippen LogP) is 3.24. The first-order valence-corrected chi connectivity index (χ1v) is 6.07. The van der Waals surface area contributed by atoms with Gasteiger partial charge in [-0.1, -0.05) is 20.8 Å². The van der Waals surface area contributed by atoms with Crippen LogP contribution in [-0.4, -0.2) is 21.0 Å². The predicted molar refractivity (Wildman–Crippen MR) is 70.8 cm³/mol. The Kier molecular flexibility index (Phi) is 3.11. The van der Waals surface area contributed by atoms with Gasteiger partial charge in [0.25, 0.3) is 0 Å². The lowest BCUT2D eigenvalue weighted by Crippen LogP contribution is -2.06. The van der Waals surface area contributed by atoms with Crippen LogP contribution in [0.5, 0.6) is 0 Å². The minimum atomic E-state index is -0.914. The van der Waals surface area contributed by atoms with E-state index < -0.39 is 5.97 Å². The first-order valence-electron chi connectivity index (χ1n) is 6.07. The Morgan fingerprint density at radius 1 is 1.39 bits per heavy atom. The molecule has 4 heteroatoms. The summed E-state index contributed by atoms with van der Waals surface area (Å²) in [4.78, 5) is 18.5. The van der Waals surface area contributed by atoms with E-state index >= 15 is 0 Å². The number of carbonyl (C=O) groups is 1. The third-order valence-electron chi connectivity index (χ3n) is 2.89. The molecule has 2 aromatic rings. The Hall–Kier alpha value is -1.84. The number of fused-ring (bicyclic) bond motifs is 1. The Bertz CT molecular complexity index is 579. The fraction of sp³-hybridized carbons (Fsp3) is 0.429. The molecule has 4 nitrogen and oxygen atoms in total. The van der Waals surface area contributed by atoms with Gasteiger partial charge in [-0.3, -0.25) is 0 Å². The van der Waals surface area contributed by atoms with Gasteiger partial charge in [0.05, 0.1) is 16.6 Å². The average Bonchev–Trinajstić information content (AvgIpc) is 2.66. The highest BCUT2D eigenvalue weighted by atomic mass is 16.4. The molecular formula is C14H18N2O2. The number of nitrogens with zero attached hydrogens (tertiary/aromatic N) is 1. The topological polar surface area (TPSA) is 66.0 Å². The molecule has 0 saturated carbocycles. The van der Waals surface area contributed by atoms with Gasteiger partial charge in [-0.05, 0) is 30.0 Å². The van der Waals surface area contributed by atoms with E-state index in [9.17, 15) is 4.79 Å². The number of aromatic amines is 1. The number of nitrogens with one attached hydrogen (secondary N) is 1. The second-order valence-electron chi connectivity index (χ2n) is 5.78. The molecule has 0 radical (unpaired) electrons. The largest absolute Gasteiger partial charge is 0.478 e. The van der Waals surface area contributed by atoms with E-state index in [1.54, 1.807) is 18.2 Å². The van der Waals surface area contributed by atoms with Crippen LogP contribution in [0.15, 0.2) is 18.2 Å². The molecule has 0 aliphatic heterocycles. The number of hydrogen-bond acceptors (Lipinski definition) is 2. The van der Waals surface area contributed by atoms with Crippen molar-refractivity contribution in [3.05, 3.63) is 29.6 Å². The molecule has 0 atom stereocenters. The quantitative estimate of drug-likeness (QED) is 0.873. The molecule has 0 spiro atoms. The number of rotatable bonds is 3. The van der Waals surface area contributed by atoms with Crippen molar-refractivity contribution >= 4 is 17.0 Å². The van der Waals surface area contributed by atoms with Crippen LogP contribution < -0.4 is 0 Å². The van der Waals surface area contributed by atoms with Gasteiger partial charge < -0.3 is 10.1 Å². The van der Waals surface area contributed by atoms with Gasteiger partial charge in [-0.15, -0.1) is 0 Å². The Labute approximate surface area is 106 Å². The van der Waals surface area contributed by atoms with Gasteiger partial charge in [0, 0.05) is 6.42 Å². The Balaban J connectivity index is 2.24. The summed E-state index contributed by atoms with van der Waals surface area (Å²) >= 11 is 0. The maximum atomic E-state index is 10.9. The van der Waals surface area contributed by atoms with E-state index in [0.717, 1.165) is 29.7 Å². The van der Waals surface area contributed by atoms with Gasteiger partial charge in [0.1, 0.15) is 5.82 Å². The van der Waals surface area contributed by atoms with Crippen LogP contribution in [0.2, 0.25) is 0 Å². The van der Waals surface area contributed by atoms with E-state index in [0.29, 0.717) is 0 Å². The molecule has 1 aromatic heterocycles. The summed E-state index contributed by atoms with van der Waals surface area (Å²) in [5.74, 6) is 0.00482. The minimum absolute atomic E-state index is 0.269. The highest BCUT2D eigenvalue weighted by molar-refractivity contribution is 5.92. The first kappa shape index (κ1) is 12.6. The van der Waals surface area contributed by atoms with E-state index in [1.807, 2.05) is 0 Å². The molecule has 18 heavy (non-hydrogen) atoms. The number of carboxylic acids is 1. The van der Waals surface area contributed by atoms with Crippen molar-refractivity contribution in [2.45, 2.75) is 33.6 Å². The van der Waals surface area contributed by atoms with Gasteiger partial charge in [0.15, 0.2) is 0 Å². The molecule has 1 heterocycles. The van der Waals surface area contributed by atoms with Crippen molar-refractivity contribution in [2.24, 2.45) is 5.41 Å². The van der Waals surface area contributed by atoms with Crippen LogP contribution in [0.25, 0.3) is 11.0 Å². The third-order valence-corrected chi connectivity index (χ3v) is 2.89. The number of aryl methyl sites for hydroxylation is 1. The Morgan fingerprint density at radius 3 is 2.72 bits per heavy atom. The maximum absolute atomic E-state index is 10.9. The lowest BCUT2D eigenvalue weighted by Gasteiger charge is -2.16. The fourth-order valence-electron chi connectivity index (χ4n) is 1.81. The number of aromatic carboxylic acids is 1. The minimum Gasteiger partial charge on any atom is -0.478 e. The second kappa shape index (κ2) is 4.44. The van der Waals surface area contributed by atoms with Gasteiger partial charge in [-0.2, -0.15) is 0 Å². The van der Waals surface area contributed by atoms with Crippen LogP contribution in [-0.2, 0) is 6.42 Å². The van der Waals surface area contributed by atoms with Crippen molar-refractivity contribution in [3.8, 4) is 0 Å². The highest BCUT2D eigenvalue weighted by Crippen LogP contribution is 2.22. The van der Waals surface area contributed by atoms with Crippen molar-refractivity contribution in [2.75, 3.05) is 0 Å². The molecule has 96 valence electrons. The molecule has 0 aliphatic rings. The molecule has 0 fully saturated rings. The lowest BCUT2D eigenvalue weighted by atomic mass is 9.90. The second-order valence-corrected chi connectivity index (χ2v) is 5.78. The summed E-state index contributed by atoms with van der Waals surface area (Å²) < 4.78 is 0. The number of carboxylic acid groups (broad SMARTS) is 1. The molecule has 0 unspecified atom stereocenters. The van der Waals surface area contributed by atoms with Gasteiger partial charge in [0.2, 0.25) is 0 Å². The van der Waals surface area contributed by atoms with E-state index in [2.05, 4.69) is 30.7 Å². The van der Waals surface area contributed by atoms with Crippen LogP contribution in [0.4, 0.5) is 0 Å². The summed E-state index contributed by atoms with van der Waals surface area (Å²) in [5.41, 5.74) is 2.17. The van der Waals surface area contributed by atoms with E-state index in [1.165, 1.54) is 0 Å². The zero-order valence-corrected chi connectivity index (χ0v) is 10.9. The van der Waals surface area contributed by atoms with Crippen LogP contribution in [0.3, 0.4) is 0 Å². The summed E-state index contributed by atoms with van der Waals surface area (Å²) in [5, 5.41) is 8.93. The van der Waals surface area contributed by atoms with Crippen LogP contribution >= 0.6 is 0 Å². The van der Waals surface area contributed by atoms with Crippen molar-refractivity contribution in [1.29, 1.82) is 0 Å². The maximum Gasteiger partial charge on any atom is 0.335 e. The summed E-state index contributed by atoms with van der Waals surface area (Å²) in [6.07, 6.45) is 1.92. The zero-order valence-electron chi connectivity index (χ0n) is 10.9. The molecule has 2 N–H and O–H groups in total. The van der Waals surface area contributed by atoms with Crippen molar-refractivity contribution < 1.29 is 9.90 Å². The summed E-state index contributed by atoms with van der Waals surface area (Å²) in [6.45, 7) is 6.58. The molecule has 0 aliphatic carbocycles. The monoisotopic (exact) mass is 246 g/mol. The summed E-state index contributed by atoms with van der Waals surface area (Å²) in [7, 11) is 0. The average molecular weight is 246 g/mol. The molecule has 0 bridgehead atoms. The number of hydrogen-bond donors (Lipinski definition) is 2. The standard InChI is InChI=1S/C14H18N2O2/c1-14(2,3)7-6-12-15-10-5-4-9(13(17)18)8-11(10)16-12/h4-5,8H,6-7H2,1-3H3,(H,15,16)(H,17,18). The van der Waals surface area contributed by atoms with Crippen LogP contribution in [0.1, 0.15) is 43.4 Å². The van der Waals surface area contributed by atoms with Crippen molar-refractivity contribution in [1.82, 2.24) is 9.97 Å². The van der Waals surface area contributed by atoms with E-state index in [-0.39, 0.29) is 11.0 Å². The number of aromatic nitrogens is 2. The smallest absolute Gasteiger partial charge is 0.335 e. The molecule has 0 saturated heterocycles. The molecule has 2 rings (SSSR count). The van der Waals surface area contributed by atoms with Gasteiger partial charge >= 0.3 is 5.97 Å². The molecule has 0 amide bonds. The third kappa shape index (κ3) is 2.88. The molecule has 1 aromatic carbocycles.